The van der Waals surface area contributed by atoms with E-state index in [9.17, 15) is 43.5 Å². The van der Waals surface area contributed by atoms with Gasteiger partial charge in [0.1, 0.15) is 36.3 Å². The van der Waals surface area contributed by atoms with Gasteiger partial charge in [-0.1, -0.05) is 0 Å². The van der Waals surface area contributed by atoms with Crippen LogP contribution in [0.15, 0.2) is 0 Å². The van der Waals surface area contributed by atoms with E-state index in [0.717, 1.165) is 0 Å². The van der Waals surface area contributed by atoms with Crippen molar-refractivity contribution in [3.05, 3.63) is 0 Å². The number of ether oxygens (including phenoxy) is 3. The van der Waals surface area contributed by atoms with Gasteiger partial charge in [0.2, 0.25) is 41.4 Å². The first-order valence-corrected chi connectivity index (χ1v) is 21.2. The summed E-state index contributed by atoms with van der Waals surface area (Å²) in [4.78, 5) is 110. The van der Waals surface area contributed by atoms with Gasteiger partial charge >= 0.3 is 5.97 Å². The van der Waals surface area contributed by atoms with E-state index in [4.69, 9.17) is 19.9 Å². The fraction of sp³-hybridized carbons (Fsp3) is 0.805. The highest BCUT2D eigenvalue weighted by Crippen LogP contribution is 2.29. The van der Waals surface area contributed by atoms with E-state index < -0.39 is 113 Å². The molecule has 0 spiro atoms. The second-order valence-electron chi connectivity index (χ2n) is 18.9. The number of nitrogens with zero attached hydrogens (tertiary/aromatic N) is 3. The van der Waals surface area contributed by atoms with Gasteiger partial charge in [-0.05, 0) is 108 Å². The lowest BCUT2D eigenvalue weighted by Crippen LogP contribution is -2.58. The molecule has 0 aliphatic carbocycles. The van der Waals surface area contributed by atoms with Crippen molar-refractivity contribution in [2.24, 2.45) is 5.73 Å². The molecular weight excluding hydrogens is 796 g/mol. The van der Waals surface area contributed by atoms with Crippen molar-refractivity contribution in [3.8, 4) is 0 Å². The number of carboxylic acids is 1. The quantitative estimate of drug-likeness (QED) is 0.101. The molecule has 7 atom stereocenters. The zero-order valence-electron chi connectivity index (χ0n) is 37.6. The molecule has 0 aromatic rings. The Bertz CT molecular complexity index is 1610. The Morgan fingerprint density at radius 3 is 1.57 bits per heavy atom. The molecule has 3 aliphatic heterocycles. The van der Waals surface area contributed by atoms with Crippen molar-refractivity contribution in [1.82, 2.24) is 36.0 Å². The van der Waals surface area contributed by atoms with Crippen molar-refractivity contribution in [2.75, 3.05) is 46.0 Å². The van der Waals surface area contributed by atoms with Crippen LogP contribution < -0.4 is 27.0 Å². The Morgan fingerprint density at radius 1 is 0.623 bits per heavy atom. The summed E-state index contributed by atoms with van der Waals surface area (Å²) in [6, 6.07) is -7.35. The maximum Gasteiger partial charge on any atom is 0.328 e. The maximum absolute atomic E-state index is 14.1. The van der Waals surface area contributed by atoms with Crippen LogP contribution in [0.5, 0.6) is 0 Å². The number of hydrogen-bond acceptors (Lipinski definition) is 12. The molecule has 0 unspecified atom stereocenters. The standard InChI is InChI=1S/C41H70N8O12/c1-24(44-31(50)20-43-33(52)26(22-60-40(5,6)7)45-32(51)25(42)21-59-39(2,3)4)35(54)48-18-12-15-29(48)37(56)49-19-13-16-30(49)36(55)47-17-11-14-28(47)34(53)46-27(38(57)58)23-61-41(8,9)10/h24-30H,11-23,42H2,1-10H3,(H,43,52)(H,44,50)(H,45,51)(H,46,53)(H,57,58)/t24-,25-,26-,27-,28-,29-,30-/m0/s1. The van der Waals surface area contributed by atoms with Crippen LogP contribution in [-0.2, 0) is 52.6 Å². The average Bonchev–Trinajstić information content (AvgIpc) is 3.95. The lowest BCUT2D eigenvalue weighted by Gasteiger charge is -2.34. The number of amides is 7. The third-order valence-corrected chi connectivity index (χ3v) is 10.3. The number of rotatable bonds is 18. The largest absolute Gasteiger partial charge is 0.480 e. The lowest BCUT2D eigenvalue weighted by molar-refractivity contribution is -0.151. The first-order chi connectivity index (χ1) is 28.2. The minimum atomic E-state index is -1.32. The topological polar surface area (TPSA) is 268 Å². The van der Waals surface area contributed by atoms with Crippen molar-refractivity contribution >= 4 is 47.3 Å². The molecule has 3 fully saturated rings. The Morgan fingerprint density at radius 2 is 1.07 bits per heavy atom. The zero-order valence-corrected chi connectivity index (χ0v) is 37.6. The Hall–Kier alpha value is -4.40. The van der Waals surface area contributed by atoms with Crippen molar-refractivity contribution < 1.29 is 57.7 Å². The maximum atomic E-state index is 14.1. The van der Waals surface area contributed by atoms with Gasteiger partial charge in [0.15, 0.2) is 6.04 Å². The van der Waals surface area contributed by atoms with Crippen LogP contribution in [0.4, 0.5) is 0 Å². The molecule has 3 aliphatic rings. The molecule has 0 bridgehead atoms. The summed E-state index contributed by atoms with van der Waals surface area (Å²) in [6.45, 7) is 17.2. The van der Waals surface area contributed by atoms with E-state index in [0.29, 0.717) is 38.5 Å². The van der Waals surface area contributed by atoms with Crippen LogP contribution in [0, 0.1) is 0 Å². The number of aliphatic carboxylic acids is 1. The number of likely N-dealkylation sites (tertiary alicyclic amines) is 3. The SMILES string of the molecule is C[C@H](NC(=O)CNC(=O)[C@H](COC(C)(C)C)NC(=O)[C@@H](N)COC(C)(C)C)C(=O)N1CCC[C@H]1C(=O)N1CCC[C@H]1C(=O)N1CCC[C@H]1C(=O)N[C@@H](COC(C)(C)C)C(=O)O. The van der Waals surface area contributed by atoms with Crippen LogP contribution in [0.2, 0.25) is 0 Å². The van der Waals surface area contributed by atoms with E-state index >= 15 is 0 Å². The summed E-state index contributed by atoms with van der Waals surface area (Å²) in [5.41, 5.74) is 4.16. The van der Waals surface area contributed by atoms with Gasteiger partial charge in [0.25, 0.3) is 0 Å². The number of carboxylic acid groups (broad SMARTS) is 1. The van der Waals surface area contributed by atoms with Crippen LogP contribution in [0.1, 0.15) is 108 Å². The summed E-state index contributed by atoms with van der Waals surface area (Å²) in [5.74, 6) is -5.29. The van der Waals surface area contributed by atoms with Gasteiger partial charge in [0.05, 0.1) is 43.2 Å². The third-order valence-electron chi connectivity index (χ3n) is 10.3. The number of nitrogens with one attached hydrogen (secondary N) is 4. The second-order valence-corrected chi connectivity index (χ2v) is 18.9. The van der Waals surface area contributed by atoms with E-state index in [1.807, 2.05) is 20.8 Å². The predicted octanol–water partition coefficient (Wildman–Crippen LogP) is -0.593. The normalized spacial score (nSPS) is 21.6. The van der Waals surface area contributed by atoms with Crippen molar-refractivity contribution in [3.63, 3.8) is 0 Å². The fourth-order valence-corrected chi connectivity index (χ4v) is 7.14. The molecule has 3 saturated heterocycles. The van der Waals surface area contributed by atoms with Gasteiger partial charge in [-0.2, -0.15) is 0 Å². The number of hydrogen-bond donors (Lipinski definition) is 6. The summed E-state index contributed by atoms with van der Waals surface area (Å²) in [5, 5.41) is 19.8. The summed E-state index contributed by atoms with van der Waals surface area (Å²) in [6.07, 6.45) is 2.59. The summed E-state index contributed by atoms with van der Waals surface area (Å²) in [7, 11) is 0. The molecule has 20 heteroatoms. The fourth-order valence-electron chi connectivity index (χ4n) is 7.14. The molecule has 61 heavy (non-hydrogen) atoms. The van der Waals surface area contributed by atoms with E-state index in [-0.39, 0.29) is 39.5 Å². The molecule has 7 N–H and O–H groups in total. The molecule has 7 amide bonds. The molecular formula is C41H70N8O12. The van der Waals surface area contributed by atoms with Crippen LogP contribution in [0.25, 0.3) is 0 Å². The van der Waals surface area contributed by atoms with Crippen LogP contribution in [0.3, 0.4) is 0 Å². The molecule has 3 heterocycles. The predicted molar refractivity (Wildman–Crippen MR) is 221 cm³/mol. The summed E-state index contributed by atoms with van der Waals surface area (Å²) < 4.78 is 16.9. The zero-order chi connectivity index (χ0) is 46.0. The highest BCUT2D eigenvalue weighted by atomic mass is 16.5. The Balaban J connectivity index is 1.60. The highest BCUT2D eigenvalue weighted by Gasteiger charge is 2.46. The van der Waals surface area contributed by atoms with E-state index in [2.05, 4.69) is 21.3 Å². The number of nitrogens with two attached hydrogens (primary N) is 1. The van der Waals surface area contributed by atoms with Gasteiger partial charge in [-0.25, -0.2) is 4.79 Å². The average molecular weight is 867 g/mol. The molecule has 20 nitrogen and oxygen atoms in total. The van der Waals surface area contributed by atoms with Crippen molar-refractivity contribution in [2.45, 2.75) is 167 Å². The van der Waals surface area contributed by atoms with Crippen molar-refractivity contribution in [1.29, 1.82) is 0 Å². The molecule has 346 valence electrons. The summed E-state index contributed by atoms with van der Waals surface area (Å²) >= 11 is 0. The molecule has 0 aromatic heterocycles. The Kier molecular flexibility index (Phi) is 18.0. The molecule has 0 radical (unpaired) electrons. The van der Waals surface area contributed by atoms with Crippen LogP contribution >= 0.6 is 0 Å². The third kappa shape index (κ3) is 15.8. The van der Waals surface area contributed by atoms with Gasteiger partial charge < -0.3 is 61.0 Å². The van der Waals surface area contributed by atoms with Gasteiger partial charge in [-0.3, -0.25) is 33.6 Å². The smallest absolute Gasteiger partial charge is 0.328 e. The highest BCUT2D eigenvalue weighted by molar-refractivity contribution is 5.97. The van der Waals surface area contributed by atoms with E-state index in [1.165, 1.54) is 21.6 Å². The Labute approximate surface area is 359 Å². The van der Waals surface area contributed by atoms with Crippen LogP contribution in [-0.4, -0.2) is 172 Å². The molecule has 3 rings (SSSR count). The monoisotopic (exact) mass is 867 g/mol. The number of carbonyl (C=O) groups excluding carboxylic acids is 7. The first kappa shape index (κ1) is 51.0. The lowest BCUT2D eigenvalue weighted by atomic mass is 10.1. The van der Waals surface area contributed by atoms with Gasteiger partial charge in [0, 0.05) is 19.6 Å². The molecule has 0 aromatic carbocycles. The minimum absolute atomic E-state index is 0.0928. The minimum Gasteiger partial charge on any atom is -0.480 e. The number of carbonyl (C=O) groups is 8. The second kappa shape index (κ2) is 21.6. The van der Waals surface area contributed by atoms with E-state index in [1.54, 1.807) is 41.5 Å². The molecule has 0 saturated carbocycles. The first-order valence-electron chi connectivity index (χ1n) is 21.2. The van der Waals surface area contributed by atoms with Gasteiger partial charge in [-0.15, -0.1) is 0 Å².